The lowest BCUT2D eigenvalue weighted by Crippen LogP contribution is -2.47. The van der Waals surface area contributed by atoms with Crippen LogP contribution in [0.5, 0.6) is 0 Å². The molecule has 1 aromatic carbocycles. The third-order valence-corrected chi connectivity index (χ3v) is 5.67. The minimum atomic E-state index is -0.395. The number of hydrogen-bond acceptors (Lipinski definition) is 3. The summed E-state index contributed by atoms with van der Waals surface area (Å²) in [5.74, 6) is -0.395. The Kier molecular flexibility index (Phi) is 2.34. The monoisotopic (exact) mass is 281 g/mol. The van der Waals surface area contributed by atoms with Crippen LogP contribution in [0.25, 0.3) is 10.9 Å². The Morgan fingerprint density at radius 3 is 2.76 bits per heavy atom. The van der Waals surface area contributed by atoms with E-state index in [0.29, 0.717) is 0 Å². The van der Waals surface area contributed by atoms with Crippen LogP contribution in [0.1, 0.15) is 36.9 Å². The molecule has 3 heteroatoms. The van der Waals surface area contributed by atoms with Crippen LogP contribution in [0.4, 0.5) is 0 Å². The molecule has 1 unspecified atom stereocenters. The Bertz CT molecular complexity index is 715. The van der Waals surface area contributed by atoms with E-state index in [9.17, 15) is 0 Å². The summed E-state index contributed by atoms with van der Waals surface area (Å²) in [4.78, 5) is 5.05. The van der Waals surface area contributed by atoms with Crippen LogP contribution >= 0.6 is 0 Å². The van der Waals surface area contributed by atoms with Crippen molar-refractivity contribution in [3.63, 3.8) is 0 Å². The lowest BCUT2D eigenvalue weighted by atomic mass is 9.78. The van der Waals surface area contributed by atoms with Gasteiger partial charge >= 0.3 is 0 Å². The highest BCUT2D eigenvalue weighted by molar-refractivity contribution is 5.80. The van der Waals surface area contributed by atoms with Gasteiger partial charge in [-0.05, 0) is 43.4 Å². The van der Waals surface area contributed by atoms with Crippen LogP contribution in [0, 0.1) is 0 Å². The number of aryl methyl sites for hydroxylation is 1. The molecule has 2 fully saturated rings. The summed E-state index contributed by atoms with van der Waals surface area (Å²) in [6, 6.07) is 10.7. The van der Waals surface area contributed by atoms with Crippen molar-refractivity contribution in [1.29, 1.82) is 0 Å². The van der Waals surface area contributed by atoms with Gasteiger partial charge in [-0.1, -0.05) is 18.2 Å². The normalized spacial score (nSPS) is 29.7. The fourth-order valence-electron chi connectivity index (χ4n) is 4.77. The Morgan fingerprint density at radius 1 is 1.00 bits per heavy atom. The largest absolute Gasteiger partial charge is 0.347 e. The van der Waals surface area contributed by atoms with Crippen LogP contribution in [0.15, 0.2) is 30.3 Å². The molecule has 0 bridgehead atoms. The van der Waals surface area contributed by atoms with E-state index in [-0.39, 0.29) is 5.41 Å². The minimum absolute atomic E-state index is 0.0110. The highest BCUT2D eigenvalue weighted by atomic mass is 16.7. The molecule has 1 atom stereocenters. The van der Waals surface area contributed by atoms with Crippen LogP contribution in [0.2, 0.25) is 0 Å². The molecule has 0 N–H and O–H groups in total. The van der Waals surface area contributed by atoms with Gasteiger partial charge in [-0.2, -0.15) is 0 Å². The number of aromatic nitrogens is 1. The van der Waals surface area contributed by atoms with E-state index >= 15 is 0 Å². The van der Waals surface area contributed by atoms with E-state index in [1.54, 1.807) is 0 Å². The number of ether oxygens (including phenoxy) is 2. The zero-order valence-electron chi connectivity index (χ0n) is 12.1. The molecule has 3 nitrogen and oxygen atoms in total. The molecule has 2 heterocycles. The first-order valence-electron chi connectivity index (χ1n) is 8.00. The van der Waals surface area contributed by atoms with Crippen molar-refractivity contribution in [3.8, 4) is 0 Å². The molecule has 2 spiro atoms. The summed E-state index contributed by atoms with van der Waals surface area (Å²) in [6.45, 7) is 1.45. The summed E-state index contributed by atoms with van der Waals surface area (Å²) in [6.07, 6.45) is 5.55. The van der Waals surface area contributed by atoms with E-state index in [1.807, 2.05) is 0 Å². The van der Waals surface area contributed by atoms with E-state index in [4.69, 9.17) is 14.5 Å². The van der Waals surface area contributed by atoms with E-state index in [0.717, 1.165) is 44.4 Å². The second-order valence-corrected chi connectivity index (χ2v) is 6.57. The predicted molar refractivity (Wildman–Crippen MR) is 80.2 cm³/mol. The first kappa shape index (κ1) is 12.1. The second kappa shape index (κ2) is 4.05. The average molecular weight is 281 g/mol. The van der Waals surface area contributed by atoms with Crippen molar-refractivity contribution >= 4 is 10.9 Å². The topological polar surface area (TPSA) is 31.4 Å². The van der Waals surface area contributed by atoms with Gasteiger partial charge < -0.3 is 9.47 Å². The Labute approximate surface area is 124 Å². The molecule has 2 aliphatic carbocycles. The maximum atomic E-state index is 6.15. The fraction of sp³-hybridized carbons (Fsp3) is 0.500. The summed E-state index contributed by atoms with van der Waals surface area (Å²) in [5.41, 5.74) is 3.73. The van der Waals surface area contributed by atoms with Gasteiger partial charge in [-0.3, -0.25) is 4.98 Å². The van der Waals surface area contributed by atoms with Gasteiger partial charge in [0.1, 0.15) is 0 Å². The van der Waals surface area contributed by atoms with Crippen molar-refractivity contribution in [2.75, 3.05) is 13.2 Å². The first-order chi connectivity index (χ1) is 10.3. The third kappa shape index (κ3) is 1.43. The zero-order valence-corrected chi connectivity index (χ0v) is 12.1. The maximum absolute atomic E-state index is 6.15. The summed E-state index contributed by atoms with van der Waals surface area (Å²) >= 11 is 0. The number of rotatable bonds is 0. The molecule has 108 valence electrons. The lowest BCUT2D eigenvalue weighted by molar-refractivity contribution is -0.194. The van der Waals surface area contributed by atoms with E-state index < -0.39 is 5.79 Å². The quantitative estimate of drug-likeness (QED) is 0.742. The number of hydrogen-bond donors (Lipinski definition) is 0. The molecule has 0 amide bonds. The number of benzene rings is 1. The number of nitrogens with zero attached hydrogens (tertiary/aromatic N) is 1. The van der Waals surface area contributed by atoms with Crippen molar-refractivity contribution in [2.45, 2.75) is 43.3 Å². The second-order valence-electron chi connectivity index (χ2n) is 6.57. The van der Waals surface area contributed by atoms with Crippen LogP contribution < -0.4 is 0 Å². The molecule has 21 heavy (non-hydrogen) atoms. The van der Waals surface area contributed by atoms with Gasteiger partial charge in [-0.25, -0.2) is 0 Å². The van der Waals surface area contributed by atoms with Gasteiger partial charge in [-0.15, -0.1) is 0 Å². The molecule has 3 aliphatic rings. The summed E-state index contributed by atoms with van der Waals surface area (Å²) in [7, 11) is 0. The lowest BCUT2D eigenvalue weighted by Gasteiger charge is -2.39. The van der Waals surface area contributed by atoms with Gasteiger partial charge in [0.25, 0.3) is 0 Å². The average Bonchev–Trinajstić information content (AvgIpc) is 3.22. The van der Waals surface area contributed by atoms with Gasteiger partial charge in [0.15, 0.2) is 5.79 Å². The Morgan fingerprint density at radius 2 is 1.86 bits per heavy atom. The van der Waals surface area contributed by atoms with Crippen molar-refractivity contribution in [1.82, 2.24) is 4.98 Å². The third-order valence-electron chi connectivity index (χ3n) is 5.67. The van der Waals surface area contributed by atoms with Gasteiger partial charge in [0.2, 0.25) is 0 Å². The fourth-order valence-corrected chi connectivity index (χ4v) is 4.77. The molecule has 5 rings (SSSR count). The molecule has 2 aromatic rings. The Balaban J connectivity index is 1.74. The number of para-hydroxylation sites is 1. The maximum Gasteiger partial charge on any atom is 0.179 e. The van der Waals surface area contributed by atoms with Crippen LogP contribution in [0.3, 0.4) is 0 Å². The van der Waals surface area contributed by atoms with Crippen LogP contribution in [-0.4, -0.2) is 24.0 Å². The van der Waals surface area contributed by atoms with E-state index in [1.165, 1.54) is 23.1 Å². The van der Waals surface area contributed by atoms with Crippen molar-refractivity contribution in [2.24, 2.45) is 0 Å². The predicted octanol–water partition coefficient (Wildman–Crippen LogP) is 3.35. The van der Waals surface area contributed by atoms with Crippen molar-refractivity contribution < 1.29 is 9.47 Å². The van der Waals surface area contributed by atoms with Gasteiger partial charge in [0, 0.05) is 11.8 Å². The van der Waals surface area contributed by atoms with Crippen molar-refractivity contribution in [3.05, 3.63) is 41.6 Å². The molecule has 1 saturated heterocycles. The highest BCUT2D eigenvalue weighted by Gasteiger charge is 2.62. The molecular weight excluding hydrogens is 262 g/mol. The highest BCUT2D eigenvalue weighted by Crippen LogP contribution is 2.58. The number of pyridine rings is 1. The minimum Gasteiger partial charge on any atom is -0.347 e. The smallest absolute Gasteiger partial charge is 0.179 e. The van der Waals surface area contributed by atoms with Crippen LogP contribution in [-0.2, 0) is 21.3 Å². The molecular formula is C18H19NO2. The first-order valence-corrected chi connectivity index (χ1v) is 8.00. The molecule has 1 saturated carbocycles. The molecule has 1 aromatic heterocycles. The standard InChI is InChI=1S/C18H19NO2/c1-2-5-15-13(4-1)12-14-6-9-17(16(14)19-15)7-3-8-18(17)20-10-11-21-18/h1-2,4-5,12H,3,6-11H2. The SMILES string of the molecule is c1ccc2nc3c(cc2c1)CCC31CCCC12OCCO2. The van der Waals surface area contributed by atoms with Gasteiger partial charge in [0.05, 0.1) is 29.8 Å². The number of fused-ring (bicyclic) bond motifs is 4. The summed E-state index contributed by atoms with van der Waals surface area (Å²) in [5, 5.41) is 1.24. The molecule has 1 aliphatic heterocycles. The van der Waals surface area contributed by atoms with E-state index in [2.05, 4.69) is 30.3 Å². The summed E-state index contributed by atoms with van der Waals surface area (Å²) < 4.78 is 12.3. The molecule has 0 radical (unpaired) electrons. The Hall–Kier alpha value is -1.45. The zero-order chi connectivity index (χ0) is 13.9.